The summed E-state index contributed by atoms with van der Waals surface area (Å²) in [4.78, 5) is 13.3. The van der Waals surface area contributed by atoms with Gasteiger partial charge in [0.15, 0.2) is 0 Å². The minimum Gasteiger partial charge on any atom is -0.390 e. The van der Waals surface area contributed by atoms with Crippen LogP contribution in [0.2, 0.25) is 0 Å². The standard InChI is InChI=1S/C9H16BrNO2/c1-9(13)3-6-11(7-4-9)8(12)2-5-10/h13H,2-7H2,1H3. The Labute approximate surface area is 87.2 Å². The van der Waals surface area contributed by atoms with Crippen molar-refractivity contribution < 1.29 is 9.90 Å². The number of carbonyl (C=O) groups is 1. The first-order valence-corrected chi connectivity index (χ1v) is 5.73. The SMILES string of the molecule is CC1(O)CCN(C(=O)CCBr)CC1. The van der Waals surface area contributed by atoms with E-state index in [-0.39, 0.29) is 5.91 Å². The molecule has 0 bridgehead atoms. The molecule has 0 aromatic rings. The van der Waals surface area contributed by atoms with E-state index in [1.807, 2.05) is 11.8 Å². The summed E-state index contributed by atoms with van der Waals surface area (Å²) in [6, 6.07) is 0. The molecule has 0 aromatic heterocycles. The van der Waals surface area contributed by atoms with Gasteiger partial charge in [0.05, 0.1) is 5.60 Å². The van der Waals surface area contributed by atoms with Crippen molar-refractivity contribution in [1.82, 2.24) is 4.90 Å². The van der Waals surface area contributed by atoms with Crippen molar-refractivity contribution in [3.05, 3.63) is 0 Å². The van der Waals surface area contributed by atoms with E-state index in [2.05, 4.69) is 15.9 Å². The number of alkyl halides is 1. The van der Waals surface area contributed by atoms with Crippen LogP contribution in [0, 0.1) is 0 Å². The predicted octanol–water partition coefficient (Wildman–Crippen LogP) is 1.14. The van der Waals surface area contributed by atoms with Crippen LogP contribution in [0.3, 0.4) is 0 Å². The number of hydrogen-bond acceptors (Lipinski definition) is 2. The Morgan fingerprint density at radius 3 is 2.54 bits per heavy atom. The number of hydrogen-bond donors (Lipinski definition) is 1. The van der Waals surface area contributed by atoms with E-state index in [0.717, 1.165) is 5.33 Å². The average molecular weight is 250 g/mol. The Morgan fingerprint density at radius 2 is 2.08 bits per heavy atom. The van der Waals surface area contributed by atoms with Crippen molar-refractivity contribution in [3.63, 3.8) is 0 Å². The Balaban J connectivity index is 2.36. The highest BCUT2D eigenvalue weighted by Gasteiger charge is 2.28. The molecule has 1 aliphatic rings. The Morgan fingerprint density at radius 1 is 1.54 bits per heavy atom. The van der Waals surface area contributed by atoms with Gasteiger partial charge in [-0.1, -0.05) is 15.9 Å². The second-order valence-electron chi connectivity index (χ2n) is 3.82. The average Bonchev–Trinajstić information content (AvgIpc) is 2.04. The molecule has 76 valence electrons. The molecule has 3 nitrogen and oxygen atoms in total. The fourth-order valence-corrected chi connectivity index (χ4v) is 1.82. The van der Waals surface area contributed by atoms with Crippen LogP contribution in [0.25, 0.3) is 0 Å². The van der Waals surface area contributed by atoms with Gasteiger partial charge in [-0.15, -0.1) is 0 Å². The van der Waals surface area contributed by atoms with Crippen LogP contribution in [0.1, 0.15) is 26.2 Å². The molecule has 1 heterocycles. The number of nitrogens with zero attached hydrogens (tertiary/aromatic N) is 1. The highest BCUT2D eigenvalue weighted by atomic mass is 79.9. The highest BCUT2D eigenvalue weighted by Crippen LogP contribution is 2.21. The Bertz CT molecular complexity index is 184. The highest BCUT2D eigenvalue weighted by molar-refractivity contribution is 9.09. The molecular formula is C9H16BrNO2. The van der Waals surface area contributed by atoms with Gasteiger partial charge in [-0.05, 0) is 19.8 Å². The Kier molecular flexibility index (Phi) is 3.74. The quantitative estimate of drug-likeness (QED) is 0.747. The normalized spacial score (nSPS) is 21.6. The van der Waals surface area contributed by atoms with Gasteiger partial charge in [-0.3, -0.25) is 4.79 Å². The van der Waals surface area contributed by atoms with Crippen LogP contribution in [0.4, 0.5) is 0 Å². The minimum atomic E-state index is -0.564. The molecule has 0 saturated carbocycles. The summed E-state index contributed by atoms with van der Waals surface area (Å²) in [5, 5.41) is 10.4. The zero-order chi connectivity index (χ0) is 9.90. The van der Waals surface area contributed by atoms with Gasteiger partial charge in [-0.2, -0.15) is 0 Å². The van der Waals surface area contributed by atoms with Crippen LogP contribution in [-0.2, 0) is 4.79 Å². The summed E-state index contributed by atoms with van der Waals surface area (Å²) in [6.07, 6.45) is 1.95. The van der Waals surface area contributed by atoms with E-state index in [4.69, 9.17) is 0 Å². The maximum Gasteiger partial charge on any atom is 0.223 e. The van der Waals surface area contributed by atoms with Crippen molar-refractivity contribution in [2.75, 3.05) is 18.4 Å². The third kappa shape index (κ3) is 3.27. The maximum absolute atomic E-state index is 11.4. The zero-order valence-corrected chi connectivity index (χ0v) is 9.51. The van der Waals surface area contributed by atoms with Gasteiger partial charge in [0.2, 0.25) is 5.91 Å². The maximum atomic E-state index is 11.4. The van der Waals surface area contributed by atoms with Crippen molar-refractivity contribution >= 4 is 21.8 Å². The molecule has 0 spiro atoms. The second kappa shape index (κ2) is 4.42. The molecule has 1 fully saturated rings. The molecule has 1 saturated heterocycles. The number of piperidine rings is 1. The monoisotopic (exact) mass is 249 g/mol. The summed E-state index contributed by atoms with van der Waals surface area (Å²) in [5.74, 6) is 0.187. The lowest BCUT2D eigenvalue weighted by Crippen LogP contribution is -2.45. The summed E-state index contributed by atoms with van der Waals surface area (Å²) in [5.41, 5.74) is -0.564. The van der Waals surface area contributed by atoms with Crippen LogP contribution >= 0.6 is 15.9 Å². The number of halogens is 1. The third-order valence-electron chi connectivity index (χ3n) is 2.50. The molecule has 1 rings (SSSR count). The first kappa shape index (κ1) is 11.0. The van der Waals surface area contributed by atoms with Crippen LogP contribution in [-0.4, -0.2) is 39.9 Å². The number of likely N-dealkylation sites (tertiary alicyclic amines) is 1. The fraction of sp³-hybridized carbons (Fsp3) is 0.889. The van der Waals surface area contributed by atoms with Gasteiger partial charge >= 0.3 is 0 Å². The number of rotatable bonds is 2. The zero-order valence-electron chi connectivity index (χ0n) is 7.92. The molecule has 4 heteroatoms. The van der Waals surface area contributed by atoms with Gasteiger partial charge < -0.3 is 10.0 Å². The molecule has 1 amide bonds. The molecule has 0 radical (unpaired) electrons. The van der Waals surface area contributed by atoms with Gasteiger partial charge in [-0.25, -0.2) is 0 Å². The fourth-order valence-electron chi connectivity index (χ4n) is 1.48. The lowest BCUT2D eigenvalue weighted by Gasteiger charge is -2.35. The van der Waals surface area contributed by atoms with Crippen molar-refractivity contribution in [2.45, 2.75) is 31.8 Å². The number of aliphatic hydroxyl groups is 1. The third-order valence-corrected chi connectivity index (χ3v) is 2.90. The van der Waals surface area contributed by atoms with Crippen LogP contribution < -0.4 is 0 Å². The molecular weight excluding hydrogens is 234 g/mol. The van der Waals surface area contributed by atoms with Crippen LogP contribution in [0.5, 0.6) is 0 Å². The topological polar surface area (TPSA) is 40.5 Å². The minimum absolute atomic E-state index is 0.187. The number of carbonyl (C=O) groups excluding carboxylic acids is 1. The van der Waals surface area contributed by atoms with E-state index in [1.165, 1.54) is 0 Å². The van der Waals surface area contributed by atoms with E-state index in [1.54, 1.807) is 0 Å². The van der Waals surface area contributed by atoms with Crippen molar-refractivity contribution in [3.8, 4) is 0 Å². The summed E-state index contributed by atoms with van der Waals surface area (Å²) in [6.45, 7) is 3.22. The number of amides is 1. The summed E-state index contributed by atoms with van der Waals surface area (Å²) in [7, 11) is 0. The van der Waals surface area contributed by atoms with Gasteiger partial charge in [0, 0.05) is 24.8 Å². The lowest BCUT2D eigenvalue weighted by molar-refractivity contribution is -0.134. The molecule has 0 unspecified atom stereocenters. The first-order valence-electron chi connectivity index (χ1n) is 4.61. The van der Waals surface area contributed by atoms with E-state index >= 15 is 0 Å². The van der Waals surface area contributed by atoms with Crippen LogP contribution in [0.15, 0.2) is 0 Å². The lowest BCUT2D eigenvalue weighted by atomic mass is 9.94. The summed E-state index contributed by atoms with van der Waals surface area (Å²) < 4.78 is 0. The van der Waals surface area contributed by atoms with E-state index < -0.39 is 5.60 Å². The smallest absolute Gasteiger partial charge is 0.223 e. The predicted molar refractivity (Wildman–Crippen MR) is 54.8 cm³/mol. The molecule has 0 aromatic carbocycles. The molecule has 1 N–H and O–H groups in total. The van der Waals surface area contributed by atoms with Crippen molar-refractivity contribution in [2.24, 2.45) is 0 Å². The van der Waals surface area contributed by atoms with Gasteiger partial charge in [0.25, 0.3) is 0 Å². The first-order chi connectivity index (χ1) is 6.05. The molecule has 1 aliphatic heterocycles. The molecule has 13 heavy (non-hydrogen) atoms. The molecule has 0 aliphatic carbocycles. The molecule has 0 atom stereocenters. The van der Waals surface area contributed by atoms with Crippen molar-refractivity contribution in [1.29, 1.82) is 0 Å². The summed E-state index contributed by atoms with van der Waals surface area (Å²) >= 11 is 3.24. The van der Waals surface area contributed by atoms with E-state index in [9.17, 15) is 9.90 Å². The largest absolute Gasteiger partial charge is 0.390 e. The van der Waals surface area contributed by atoms with E-state index in [0.29, 0.717) is 32.4 Å². The van der Waals surface area contributed by atoms with Gasteiger partial charge in [0.1, 0.15) is 0 Å². The Hall–Kier alpha value is -0.0900. The second-order valence-corrected chi connectivity index (χ2v) is 4.61.